The van der Waals surface area contributed by atoms with Gasteiger partial charge in [0.2, 0.25) is 10.0 Å². The number of aryl methyl sites for hydroxylation is 1. The molecular weight excluding hydrogens is 378 g/mol. The molecule has 1 N–H and O–H groups in total. The van der Waals surface area contributed by atoms with Crippen LogP contribution in [-0.4, -0.2) is 37.7 Å². The Morgan fingerprint density at radius 2 is 1.89 bits per heavy atom. The molecule has 1 aromatic heterocycles. The van der Waals surface area contributed by atoms with Gasteiger partial charge in [0, 0.05) is 30.9 Å². The Balaban J connectivity index is 1.94. The average molecular weight is 399 g/mol. The van der Waals surface area contributed by atoms with Crippen LogP contribution in [0.1, 0.15) is 21.5 Å². The Hall–Kier alpha value is -2.97. The van der Waals surface area contributed by atoms with Crippen LogP contribution in [0.3, 0.4) is 0 Å². The molecule has 0 saturated carbocycles. The quantitative estimate of drug-likeness (QED) is 0.709. The minimum absolute atomic E-state index is 0.123. The van der Waals surface area contributed by atoms with E-state index >= 15 is 0 Å². The number of carbonyl (C=O) groups excluding carboxylic acids is 1. The van der Waals surface area contributed by atoms with Crippen molar-refractivity contribution in [2.24, 2.45) is 0 Å². The second-order valence-electron chi connectivity index (χ2n) is 6.60. The highest BCUT2D eigenvalue weighted by atomic mass is 32.2. The Labute approximate surface area is 164 Å². The van der Waals surface area contributed by atoms with E-state index in [-0.39, 0.29) is 10.5 Å². The molecule has 0 spiro atoms. The Kier molecular flexibility index (Phi) is 5.35. The van der Waals surface area contributed by atoms with Gasteiger partial charge in [0.05, 0.1) is 11.1 Å². The van der Waals surface area contributed by atoms with Crippen LogP contribution >= 0.6 is 0 Å². The molecule has 146 valence electrons. The summed E-state index contributed by atoms with van der Waals surface area (Å²) in [5, 5.41) is 2.81. The van der Waals surface area contributed by atoms with Crippen LogP contribution in [-0.2, 0) is 10.0 Å². The van der Waals surface area contributed by atoms with E-state index in [2.05, 4.69) is 10.3 Å². The van der Waals surface area contributed by atoms with E-state index in [1.165, 1.54) is 26.6 Å². The van der Waals surface area contributed by atoms with Crippen LogP contribution in [0.15, 0.2) is 58.3 Å². The molecule has 2 aromatic carbocycles. The predicted molar refractivity (Wildman–Crippen MR) is 107 cm³/mol. The van der Waals surface area contributed by atoms with Gasteiger partial charge in [0.25, 0.3) is 5.91 Å². The summed E-state index contributed by atoms with van der Waals surface area (Å²) in [6.45, 7) is 3.51. The SMILES string of the molecule is Cc1cc(C(=O)Nc2cccc(-c3cnco3)c2)cc(S(=O)(=O)N(C)C)c1C. The van der Waals surface area contributed by atoms with E-state index < -0.39 is 15.9 Å². The molecule has 0 fully saturated rings. The number of carbonyl (C=O) groups is 1. The van der Waals surface area contributed by atoms with Gasteiger partial charge in [-0.3, -0.25) is 4.79 Å². The molecular formula is C20H21N3O4S. The summed E-state index contributed by atoms with van der Waals surface area (Å²) in [7, 11) is -0.733. The molecule has 28 heavy (non-hydrogen) atoms. The van der Waals surface area contributed by atoms with Crippen molar-refractivity contribution in [3.05, 3.63) is 65.7 Å². The zero-order valence-corrected chi connectivity index (χ0v) is 16.9. The molecule has 0 unspecified atom stereocenters. The van der Waals surface area contributed by atoms with E-state index in [0.29, 0.717) is 17.0 Å². The van der Waals surface area contributed by atoms with E-state index in [0.717, 1.165) is 15.4 Å². The number of benzene rings is 2. The van der Waals surface area contributed by atoms with Crippen molar-refractivity contribution < 1.29 is 17.6 Å². The first-order valence-electron chi connectivity index (χ1n) is 8.54. The Morgan fingerprint density at radius 1 is 1.14 bits per heavy atom. The maximum absolute atomic E-state index is 12.8. The normalized spacial score (nSPS) is 11.6. The van der Waals surface area contributed by atoms with Gasteiger partial charge < -0.3 is 9.73 Å². The van der Waals surface area contributed by atoms with Gasteiger partial charge in [0.1, 0.15) is 0 Å². The maximum Gasteiger partial charge on any atom is 0.255 e. The molecule has 0 atom stereocenters. The number of hydrogen-bond acceptors (Lipinski definition) is 5. The van der Waals surface area contributed by atoms with Gasteiger partial charge in [-0.1, -0.05) is 12.1 Å². The van der Waals surface area contributed by atoms with Crippen LogP contribution in [0, 0.1) is 13.8 Å². The number of hydrogen-bond donors (Lipinski definition) is 1. The Morgan fingerprint density at radius 3 is 2.54 bits per heavy atom. The fourth-order valence-corrected chi connectivity index (χ4v) is 3.95. The fourth-order valence-electron chi connectivity index (χ4n) is 2.73. The molecule has 0 saturated heterocycles. The zero-order valence-electron chi connectivity index (χ0n) is 16.1. The summed E-state index contributed by atoms with van der Waals surface area (Å²) in [6, 6.07) is 10.2. The predicted octanol–water partition coefficient (Wildman–Crippen LogP) is 3.46. The highest BCUT2D eigenvalue weighted by Gasteiger charge is 2.23. The van der Waals surface area contributed by atoms with Gasteiger partial charge in [-0.25, -0.2) is 17.7 Å². The van der Waals surface area contributed by atoms with Crippen molar-refractivity contribution >= 4 is 21.6 Å². The summed E-state index contributed by atoms with van der Waals surface area (Å²) >= 11 is 0. The van der Waals surface area contributed by atoms with E-state index in [4.69, 9.17) is 4.42 Å². The highest BCUT2D eigenvalue weighted by molar-refractivity contribution is 7.89. The van der Waals surface area contributed by atoms with Gasteiger partial charge in [-0.15, -0.1) is 0 Å². The van der Waals surface area contributed by atoms with E-state index in [9.17, 15) is 13.2 Å². The molecule has 0 aliphatic carbocycles. The number of oxazole rings is 1. The summed E-state index contributed by atoms with van der Waals surface area (Å²) in [5.41, 5.74) is 2.95. The summed E-state index contributed by atoms with van der Waals surface area (Å²) in [6.07, 6.45) is 2.92. The van der Waals surface area contributed by atoms with Crippen LogP contribution in [0.25, 0.3) is 11.3 Å². The minimum atomic E-state index is -3.66. The third-order valence-corrected chi connectivity index (χ3v) is 6.42. The lowest BCUT2D eigenvalue weighted by Gasteiger charge is -2.16. The van der Waals surface area contributed by atoms with Crippen LogP contribution in [0.2, 0.25) is 0 Å². The first-order chi connectivity index (χ1) is 13.2. The summed E-state index contributed by atoms with van der Waals surface area (Å²) in [4.78, 5) is 16.8. The highest BCUT2D eigenvalue weighted by Crippen LogP contribution is 2.25. The summed E-state index contributed by atoms with van der Waals surface area (Å²) in [5.74, 6) is 0.190. The maximum atomic E-state index is 12.8. The largest absolute Gasteiger partial charge is 0.444 e. The molecule has 0 radical (unpaired) electrons. The van der Waals surface area contributed by atoms with Gasteiger partial charge in [-0.2, -0.15) is 0 Å². The summed E-state index contributed by atoms with van der Waals surface area (Å²) < 4.78 is 31.6. The molecule has 0 bridgehead atoms. The van der Waals surface area contributed by atoms with Crippen molar-refractivity contribution in [1.82, 2.24) is 9.29 Å². The van der Waals surface area contributed by atoms with E-state index in [1.54, 1.807) is 44.3 Å². The number of anilines is 1. The molecule has 1 amide bonds. The standard InChI is InChI=1S/C20H21N3O4S/c1-13-8-16(10-19(14(13)2)28(25,26)23(3)4)20(24)22-17-7-5-6-15(9-17)18-11-21-12-27-18/h5-12H,1-4H3,(H,22,24). The second-order valence-corrected chi connectivity index (χ2v) is 8.72. The molecule has 0 aliphatic heterocycles. The first kappa shape index (κ1) is 19.8. The first-order valence-corrected chi connectivity index (χ1v) is 9.98. The minimum Gasteiger partial charge on any atom is -0.444 e. The monoisotopic (exact) mass is 399 g/mol. The van der Waals surface area contributed by atoms with Crippen molar-refractivity contribution in [3.63, 3.8) is 0 Å². The molecule has 7 nitrogen and oxygen atoms in total. The lowest BCUT2D eigenvalue weighted by molar-refractivity contribution is 0.102. The van der Waals surface area contributed by atoms with Crippen molar-refractivity contribution in [1.29, 1.82) is 0 Å². The topological polar surface area (TPSA) is 92.5 Å². The number of nitrogens with zero attached hydrogens (tertiary/aromatic N) is 2. The third-order valence-electron chi connectivity index (χ3n) is 4.48. The smallest absolute Gasteiger partial charge is 0.255 e. The number of aromatic nitrogens is 1. The van der Waals surface area contributed by atoms with Crippen LogP contribution < -0.4 is 5.32 Å². The van der Waals surface area contributed by atoms with Crippen molar-refractivity contribution in [2.45, 2.75) is 18.7 Å². The lowest BCUT2D eigenvalue weighted by atomic mass is 10.1. The van der Waals surface area contributed by atoms with Crippen LogP contribution in [0.4, 0.5) is 5.69 Å². The molecule has 0 aliphatic rings. The van der Waals surface area contributed by atoms with Gasteiger partial charge in [-0.05, 0) is 49.2 Å². The number of rotatable bonds is 5. The second kappa shape index (κ2) is 7.57. The fraction of sp³-hybridized carbons (Fsp3) is 0.200. The third kappa shape index (κ3) is 3.83. The number of sulfonamides is 1. The number of nitrogens with one attached hydrogen (secondary N) is 1. The Bertz CT molecular complexity index is 1120. The van der Waals surface area contributed by atoms with Crippen molar-refractivity contribution in [3.8, 4) is 11.3 Å². The van der Waals surface area contributed by atoms with Gasteiger partial charge in [0.15, 0.2) is 12.2 Å². The molecule has 1 heterocycles. The zero-order chi connectivity index (χ0) is 20.5. The molecule has 3 aromatic rings. The van der Waals surface area contributed by atoms with Crippen LogP contribution in [0.5, 0.6) is 0 Å². The molecule has 8 heteroatoms. The molecule has 3 rings (SSSR count). The number of amides is 1. The van der Waals surface area contributed by atoms with Crippen molar-refractivity contribution in [2.75, 3.05) is 19.4 Å². The lowest BCUT2D eigenvalue weighted by Crippen LogP contribution is -2.24. The average Bonchev–Trinajstić information content (AvgIpc) is 3.18. The van der Waals surface area contributed by atoms with Gasteiger partial charge >= 0.3 is 0 Å². The van der Waals surface area contributed by atoms with E-state index in [1.807, 2.05) is 6.07 Å².